The van der Waals surface area contributed by atoms with Gasteiger partial charge in [0.05, 0.1) is 12.7 Å². The molecule has 18 heavy (non-hydrogen) atoms. The summed E-state index contributed by atoms with van der Waals surface area (Å²) in [4.78, 5) is 2.48. The third kappa shape index (κ3) is 6.14. The zero-order chi connectivity index (χ0) is 12.8. The number of methoxy groups -OCH3 is 1. The molecule has 1 atom stereocenters. The Kier molecular flexibility index (Phi) is 5.89. The maximum Gasteiger partial charge on any atom is 0.0791 e. The van der Waals surface area contributed by atoms with E-state index in [1.807, 2.05) is 0 Å². The van der Waals surface area contributed by atoms with Gasteiger partial charge in [-0.25, -0.2) is 0 Å². The number of hydrogen-bond acceptors (Lipinski definition) is 4. The molecule has 0 spiro atoms. The van der Waals surface area contributed by atoms with E-state index in [0.717, 1.165) is 24.9 Å². The van der Waals surface area contributed by atoms with E-state index in [1.54, 1.807) is 7.11 Å². The molecule has 0 aromatic heterocycles. The van der Waals surface area contributed by atoms with E-state index in [2.05, 4.69) is 10.2 Å². The van der Waals surface area contributed by atoms with Crippen LogP contribution in [0.25, 0.3) is 0 Å². The lowest BCUT2D eigenvalue weighted by Gasteiger charge is -2.25. The van der Waals surface area contributed by atoms with E-state index in [0.29, 0.717) is 13.2 Å². The van der Waals surface area contributed by atoms with Crippen molar-refractivity contribution in [3.63, 3.8) is 0 Å². The monoisotopic (exact) mass is 256 g/mol. The number of aliphatic hydroxyl groups excluding tert-OH is 1. The summed E-state index contributed by atoms with van der Waals surface area (Å²) in [5.74, 6) is 1.83. The molecule has 0 bridgehead atoms. The third-order valence-electron chi connectivity index (χ3n) is 3.76. The fourth-order valence-corrected chi connectivity index (χ4v) is 2.36. The quantitative estimate of drug-likeness (QED) is 0.534. The van der Waals surface area contributed by atoms with E-state index >= 15 is 0 Å². The number of nitrogens with zero attached hydrogens (tertiary/aromatic N) is 1. The van der Waals surface area contributed by atoms with E-state index in [1.165, 1.54) is 38.8 Å². The van der Waals surface area contributed by atoms with Crippen molar-refractivity contribution in [2.75, 3.05) is 46.4 Å². The minimum absolute atomic E-state index is 0.251. The van der Waals surface area contributed by atoms with Gasteiger partial charge in [0.2, 0.25) is 0 Å². The Labute approximate surface area is 111 Å². The van der Waals surface area contributed by atoms with E-state index in [4.69, 9.17) is 4.74 Å². The van der Waals surface area contributed by atoms with Crippen LogP contribution in [0.5, 0.6) is 0 Å². The molecule has 4 nitrogen and oxygen atoms in total. The molecule has 106 valence electrons. The Hall–Kier alpha value is -0.160. The van der Waals surface area contributed by atoms with Gasteiger partial charge in [0.15, 0.2) is 0 Å². The predicted molar refractivity (Wildman–Crippen MR) is 72.6 cm³/mol. The summed E-state index contributed by atoms with van der Waals surface area (Å²) in [6.07, 6.45) is 5.32. The molecule has 0 saturated heterocycles. The second-order valence-electron chi connectivity index (χ2n) is 5.96. The van der Waals surface area contributed by atoms with Crippen molar-refractivity contribution in [3.8, 4) is 0 Å². The molecule has 0 amide bonds. The van der Waals surface area contributed by atoms with Crippen molar-refractivity contribution in [3.05, 3.63) is 0 Å². The van der Waals surface area contributed by atoms with Crippen molar-refractivity contribution in [1.82, 2.24) is 10.2 Å². The smallest absolute Gasteiger partial charge is 0.0791 e. The zero-order valence-electron chi connectivity index (χ0n) is 11.6. The zero-order valence-corrected chi connectivity index (χ0v) is 11.6. The average Bonchev–Trinajstić information content (AvgIpc) is 3.20. The molecular weight excluding hydrogens is 228 g/mol. The van der Waals surface area contributed by atoms with Crippen molar-refractivity contribution < 1.29 is 9.84 Å². The summed E-state index contributed by atoms with van der Waals surface area (Å²) in [5.41, 5.74) is 0. The topological polar surface area (TPSA) is 44.7 Å². The maximum atomic E-state index is 10.0. The van der Waals surface area contributed by atoms with E-state index in [9.17, 15) is 5.11 Å². The number of aliphatic hydroxyl groups is 1. The molecule has 2 rings (SSSR count). The Morgan fingerprint density at radius 1 is 1.22 bits per heavy atom. The van der Waals surface area contributed by atoms with Gasteiger partial charge < -0.3 is 20.1 Å². The van der Waals surface area contributed by atoms with Crippen LogP contribution in [0.2, 0.25) is 0 Å². The molecule has 2 aliphatic carbocycles. The first-order chi connectivity index (χ1) is 8.78. The molecule has 1 unspecified atom stereocenters. The van der Waals surface area contributed by atoms with Crippen LogP contribution in [0.15, 0.2) is 0 Å². The molecule has 0 heterocycles. The summed E-state index contributed by atoms with van der Waals surface area (Å²) in [5, 5.41) is 13.3. The van der Waals surface area contributed by atoms with Crippen LogP contribution in [0.4, 0.5) is 0 Å². The van der Waals surface area contributed by atoms with Crippen LogP contribution in [0.3, 0.4) is 0 Å². The molecule has 0 radical (unpaired) electrons. The number of ether oxygens (including phenoxy) is 1. The largest absolute Gasteiger partial charge is 0.390 e. The van der Waals surface area contributed by atoms with E-state index in [-0.39, 0.29) is 6.10 Å². The molecule has 0 aliphatic heterocycles. The molecule has 2 saturated carbocycles. The van der Waals surface area contributed by atoms with Gasteiger partial charge in [-0.15, -0.1) is 0 Å². The number of hydrogen-bond donors (Lipinski definition) is 2. The van der Waals surface area contributed by atoms with Gasteiger partial charge in [-0.1, -0.05) is 0 Å². The lowest BCUT2D eigenvalue weighted by Crippen LogP contribution is -2.40. The maximum absolute atomic E-state index is 10.0. The van der Waals surface area contributed by atoms with Gasteiger partial charge in [0.1, 0.15) is 0 Å². The summed E-state index contributed by atoms with van der Waals surface area (Å²) < 4.78 is 4.97. The lowest BCUT2D eigenvalue weighted by atomic mass is 10.2. The second kappa shape index (κ2) is 7.43. The molecule has 2 fully saturated rings. The summed E-state index contributed by atoms with van der Waals surface area (Å²) >= 11 is 0. The van der Waals surface area contributed by atoms with Gasteiger partial charge in [0.25, 0.3) is 0 Å². The molecule has 0 aromatic rings. The summed E-state index contributed by atoms with van der Waals surface area (Å²) in [7, 11) is 1.70. The standard InChI is InChI=1S/C14H28N2O2/c1-18-7-6-15-8-14(17)11-16(9-12-2-3-12)10-13-4-5-13/h12-15,17H,2-11H2,1H3. The van der Waals surface area contributed by atoms with Crippen LogP contribution in [-0.4, -0.2) is 62.6 Å². The van der Waals surface area contributed by atoms with Crippen LogP contribution in [-0.2, 0) is 4.74 Å². The average molecular weight is 256 g/mol. The highest BCUT2D eigenvalue weighted by Gasteiger charge is 2.29. The van der Waals surface area contributed by atoms with Crippen LogP contribution in [0.1, 0.15) is 25.7 Å². The predicted octanol–water partition coefficient (Wildman–Crippen LogP) is 0.705. The minimum Gasteiger partial charge on any atom is -0.390 e. The highest BCUT2D eigenvalue weighted by molar-refractivity contribution is 4.83. The fourth-order valence-electron chi connectivity index (χ4n) is 2.36. The second-order valence-corrected chi connectivity index (χ2v) is 5.96. The van der Waals surface area contributed by atoms with Gasteiger partial charge in [-0.05, 0) is 37.5 Å². The van der Waals surface area contributed by atoms with Crippen molar-refractivity contribution in [2.45, 2.75) is 31.8 Å². The molecule has 2 N–H and O–H groups in total. The lowest BCUT2D eigenvalue weighted by molar-refractivity contribution is 0.103. The Balaban J connectivity index is 1.59. The fraction of sp³-hybridized carbons (Fsp3) is 1.00. The minimum atomic E-state index is -0.251. The first-order valence-electron chi connectivity index (χ1n) is 7.38. The Morgan fingerprint density at radius 2 is 1.83 bits per heavy atom. The van der Waals surface area contributed by atoms with Gasteiger partial charge in [-0.3, -0.25) is 0 Å². The van der Waals surface area contributed by atoms with Gasteiger partial charge in [-0.2, -0.15) is 0 Å². The summed E-state index contributed by atoms with van der Waals surface area (Å²) in [6.45, 7) is 5.43. The Morgan fingerprint density at radius 3 is 2.33 bits per heavy atom. The van der Waals surface area contributed by atoms with Crippen LogP contribution >= 0.6 is 0 Å². The first-order valence-corrected chi connectivity index (χ1v) is 7.38. The van der Waals surface area contributed by atoms with Gasteiger partial charge >= 0.3 is 0 Å². The van der Waals surface area contributed by atoms with Crippen LogP contribution < -0.4 is 5.32 Å². The molecule has 0 aromatic carbocycles. The third-order valence-corrected chi connectivity index (χ3v) is 3.76. The number of nitrogens with one attached hydrogen (secondary N) is 1. The molecule has 2 aliphatic rings. The SMILES string of the molecule is COCCNCC(O)CN(CC1CC1)CC1CC1. The molecule has 4 heteroatoms. The number of rotatable bonds is 11. The Bertz CT molecular complexity index is 216. The van der Waals surface area contributed by atoms with Crippen molar-refractivity contribution in [2.24, 2.45) is 11.8 Å². The first kappa shape index (κ1) is 14.3. The molecular formula is C14H28N2O2. The van der Waals surface area contributed by atoms with E-state index < -0.39 is 0 Å². The van der Waals surface area contributed by atoms with Crippen molar-refractivity contribution >= 4 is 0 Å². The highest BCUT2D eigenvalue weighted by Crippen LogP contribution is 2.33. The summed E-state index contributed by atoms with van der Waals surface area (Å²) in [6, 6.07) is 0. The van der Waals surface area contributed by atoms with Gasteiger partial charge in [0, 0.05) is 39.8 Å². The normalized spacial score (nSPS) is 21.5. The van der Waals surface area contributed by atoms with Crippen LogP contribution in [0, 0.1) is 11.8 Å². The highest BCUT2D eigenvalue weighted by atomic mass is 16.5. The van der Waals surface area contributed by atoms with Crippen molar-refractivity contribution in [1.29, 1.82) is 0 Å².